The number of para-hydroxylation sites is 1. The standard InChI is InChI=1S/C12H16N4O3/c1-12(2)11(17)14-6-7-15(12)9-5-3-4-8(13)10(9)16(18)19/h3-5H,6-7,13H2,1-2H3,(H,14,17). The van der Waals surface area contributed by atoms with Gasteiger partial charge in [0.15, 0.2) is 0 Å². The van der Waals surface area contributed by atoms with Crippen molar-refractivity contribution in [2.45, 2.75) is 19.4 Å². The van der Waals surface area contributed by atoms with Crippen LogP contribution in [0, 0.1) is 10.1 Å². The van der Waals surface area contributed by atoms with E-state index in [9.17, 15) is 14.9 Å². The molecule has 0 aliphatic carbocycles. The van der Waals surface area contributed by atoms with E-state index in [0.29, 0.717) is 18.8 Å². The normalized spacial score (nSPS) is 18.0. The van der Waals surface area contributed by atoms with Crippen molar-refractivity contribution in [1.29, 1.82) is 0 Å². The second-order valence-electron chi connectivity index (χ2n) is 4.94. The van der Waals surface area contributed by atoms with Crippen molar-refractivity contribution >= 4 is 23.0 Å². The van der Waals surface area contributed by atoms with E-state index >= 15 is 0 Å². The minimum Gasteiger partial charge on any atom is -0.393 e. The number of anilines is 2. The maximum absolute atomic E-state index is 11.9. The van der Waals surface area contributed by atoms with E-state index in [1.165, 1.54) is 6.07 Å². The Labute approximate surface area is 110 Å². The number of hydrogen-bond donors (Lipinski definition) is 2. The molecule has 0 spiro atoms. The number of nitrogen functional groups attached to an aromatic ring is 1. The van der Waals surface area contributed by atoms with Crippen LogP contribution in [0.2, 0.25) is 0 Å². The maximum atomic E-state index is 11.9. The molecule has 1 saturated heterocycles. The summed E-state index contributed by atoms with van der Waals surface area (Å²) in [5.74, 6) is -0.157. The van der Waals surface area contributed by atoms with Gasteiger partial charge in [-0.2, -0.15) is 0 Å². The number of nitro groups is 1. The van der Waals surface area contributed by atoms with E-state index in [0.717, 1.165) is 0 Å². The predicted molar refractivity (Wildman–Crippen MR) is 71.9 cm³/mol. The van der Waals surface area contributed by atoms with E-state index in [-0.39, 0.29) is 17.3 Å². The summed E-state index contributed by atoms with van der Waals surface area (Å²) in [5.41, 5.74) is 5.17. The molecule has 0 atom stereocenters. The molecule has 1 aliphatic rings. The molecule has 1 aliphatic heterocycles. The van der Waals surface area contributed by atoms with Gasteiger partial charge < -0.3 is 16.0 Å². The zero-order chi connectivity index (χ0) is 14.2. The molecule has 102 valence electrons. The third kappa shape index (κ3) is 2.07. The molecule has 3 N–H and O–H groups in total. The number of amides is 1. The largest absolute Gasteiger partial charge is 0.393 e. The summed E-state index contributed by atoms with van der Waals surface area (Å²) in [4.78, 5) is 24.3. The quantitative estimate of drug-likeness (QED) is 0.469. The monoisotopic (exact) mass is 264 g/mol. The van der Waals surface area contributed by atoms with Gasteiger partial charge in [-0.3, -0.25) is 14.9 Å². The Morgan fingerprint density at radius 3 is 2.79 bits per heavy atom. The molecule has 7 heteroatoms. The number of carbonyl (C=O) groups is 1. The van der Waals surface area contributed by atoms with Crippen LogP contribution in [0.15, 0.2) is 18.2 Å². The zero-order valence-electron chi connectivity index (χ0n) is 10.8. The number of nitrogens with one attached hydrogen (secondary N) is 1. The lowest BCUT2D eigenvalue weighted by Crippen LogP contribution is -2.62. The fourth-order valence-electron chi connectivity index (χ4n) is 2.29. The number of rotatable bonds is 2. The van der Waals surface area contributed by atoms with Gasteiger partial charge in [0.25, 0.3) is 0 Å². The zero-order valence-corrected chi connectivity index (χ0v) is 10.8. The average Bonchev–Trinajstić information content (AvgIpc) is 2.31. The third-order valence-corrected chi connectivity index (χ3v) is 3.37. The molecule has 0 unspecified atom stereocenters. The summed E-state index contributed by atoms with van der Waals surface area (Å²) in [6.45, 7) is 4.42. The van der Waals surface area contributed by atoms with Crippen molar-refractivity contribution in [2.24, 2.45) is 0 Å². The van der Waals surface area contributed by atoms with Crippen molar-refractivity contribution in [3.63, 3.8) is 0 Å². The fraction of sp³-hybridized carbons (Fsp3) is 0.417. The Morgan fingerprint density at radius 1 is 1.47 bits per heavy atom. The van der Waals surface area contributed by atoms with Gasteiger partial charge in [-0.1, -0.05) is 6.07 Å². The lowest BCUT2D eigenvalue weighted by molar-refractivity contribution is -0.383. The SMILES string of the molecule is CC1(C)C(=O)NCCN1c1cccc(N)c1[N+](=O)[O-]. The molecule has 0 bridgehead atoms. The first-order valence-electron chi connectivity index (χ1n) is 5.94. The molecular formula is C12H16N4O3. The minimum absolute atomic E-state index is 0.101. The molecular weight excluding hydrogens is 248 g/mol. The Hall–Kier alpha value is -2.31. The van der Waals surface area contributed by atoms with Crippen molar-refractivity contribution in [3.8, 4) is 0 Å². The topological polar surface area (TPSA) is 102 Å². The number of nitrogens with two attached hydrogens (primary N) is 1. The van der Waals surface area contributed by atoms with Crippen LogP contribution in [-0.2, 0) is 4.79 Å². The Kier molecular flexibility index (Phi) is 3.05. The lowest BCUT2D eigenvalue weighted by atomic mass is 9.97. The van der Waals surface area contributed by atoms with Crippen LogP contribution in [0.1, 0.15) is 13.8 Å². The molecule has 0 aromatic heterocycles. The summed E-state index contributed by atoms with van der Waals surface area (Å²) in [5, 5.41) is 13.9. The summed E-state index contributed by atoms with van der Waals surface area (Å²) < 4.78 is 0. The first kappa shape index (κ1) is 13.1. The van der Waals surface area contributed by atoms with E-state index in [1.54, 1.807) is 30.9 Å². The average molecular weight is 264 g/mol. The van der Waals surface area contributed by atoms with Crippen LogP contribution in [-0.4, -0.2) is 29.5 Å². The highest BCUT2D eigenvalue weighted by atomic mass is 16.6. The predicted octanol–water partition coefficient (Wildman–Crippen LogP) is 0.892. The van der Waals surface area contributed by atoms with E-state index < -0.39 is 10.5 Å². The highest BCUT2D eigenvalue weighted by molar-refractivity contribution is 5.92. The van der Waals surface area contributed by atoms with Gasteiger partial charge in [0, 0.05) is 13.1 Å². The summed E-state index contributed by atoms with van der Waals surface area (Å²) in [6.07, 6.45) is 0. The minimum atomic E-state index is -0.850. The van der Waals surface area contributed by atoms with Crippen molar-refractivity contribution in [1.82, 2.24) is 5.32 Å². The Bertz CT molecular complexity index is 542. The molecule has 2 rings (SSSR count). The molecule has 1 amide bonds. The second kappa shape index (κ2) is 4.42. The molecule has 0 saturated carbocycles. The number of nitrogens with zero attached hydrogens (tertiary/aromatic N) is 2. The van der Waals surface area contributed by atoms with Gasteiger partial charge in [0.05, 0.1) is 4.92 Å². The maximum Gasteiger partial charge on any atom is 0.315 e. The number of nitro benzene ring substituents is 1. The van der Waals surface area contributed by atoms with Crippen LogP contribution in [0.4, 0.5) is 17.1 Å². The van der Waals surface area contributed by atoms with E-state index in [2.05, 4.69) is 5.32 Å². The van der Waals surface area contributed by atoms with Crippen LogP contribution in [0.25, 0.3) is 0 Å². The van der Waals surface area contributed by atoms with Crippen molar-refractivity contribution in [2.75, 3.05) is 23.7 Å². The number of hydrogen-bond acceptors (Lipinski definition) is 5. The number of piperazine rings is 1. The molecule has 7 nitrogen and oxygen atoms in total. The number of carbonyl (C=O) groups excluding carboxylic acids is 1. The molecule has 19 heavy (non-hydrogen) atoms. The van der Waals surface area contributed by atoms with Gasteiger partial charge in [-0.15, -0.1) is 0 Å². The van der Waals surface area contributed by atoms with Gasteiger partial charge in [0.2, 0.25) is 5.91 Å². The van der Waals surface area contributed by atoms with Gasteiger partial charge in [-0.25, -0.2) is 0 Å². The first-order valence-corrected chi connectivity index (χ1v) is 5.94. The third-order valence-electron chi connectivity index (χ3n) is 3.37. The summed E-state index contributed by atoms with van der Waals surface area (Å²) >= 11 is 0. The van der Waals surface area contributed by atoms with Gasteiger partial charge >= 0.3 is 5.69 Å². The Balaban J connectivity index is 2.55. The summed E-state index contributed by atoms with van der Waals surface area (Å²) in [6, 6.07) is 4.76. The highest BCUT2D eigenvalue weighted by Crippen LogP contribution is 2.37. The fourth-order valence-corrected chi connectivity index (χ4v) is 2.29. The molecule has 0 radical (unpaired) electrons. The highest BCUT2D eigenvalue weighted by Gasteiger charge is 2.40. The molecule has 1 heterocycles. The Morgan fingerprint density at radius 2 is 2.16 bits per heavy atom. The van der Waals surface area contributed by atoms with Gasteiger partial charge in [0.1, 0.15) is 16.9 Å². The van der Waals surface area contributed by atoms with E-state index in [1.807, 2.05) is 0 Å². The smallest absolute Gasteiger partial charge is 0.315 e. The lowest BCUT2D eigenvalue weighted by Gasteiger charge is -2.42. The van der Waals surface area contributed by atoms with Crippen LogP contribution in [0.3, 0.4) is 0 Å². The summed E-state index contributed by atoms with van der Waals surface area (Å²) in [7, 11) is 0. The van der Waals surface area contributed by atoms with Gasteiger partial charge in [-0.05, 0) is 26.0 Å². The van der Waals surface area contributed by atoms with Crippen molar-refractivity contribution in [3.05, 3.63) is 28.3 Å². The molecule has 1 aromatic rings. The number of benzene rings is 1. The van der Waals surface area contributed by atoms with Crippen molar-refractivity contribution < 1.29 is 9.72 Å². The molecule has 1 fully saturated rings. The second-order valence-corrected chi connectivity index (χ2v) is 4.94. The van der Waals surface area contributed by atoms with Crippen LogP contribution >= 0.6 is 0 Å². The van der Waals surface area contributed by atoms with E-state index in [4.69, 9.17) is 5.73 Å². The first-order chi connectivity index (χ1) is 8.85. The van der Waals surface area contributed by atoms with Crippen LogP contribution in [0.5, 0.6) is 0 Å². The van der Waals surface area contributed by atoms with Crippen LogP contribution < -0.4 is 16.0 Å². The molecule has 1 aromatic carbocycles.